The number of hydrogen-bond acceptors (Lipinski definition) is 5. The Hall–Kier alpha value is -3.67. The van der Waals surface area contributed by atoms with E-state index in [4.69, 9.17) is 9.47 Å². The van der Waals surface area contributed by atoms with Gasteiger partial charge >= 0.3 is 5.97 Å². The van der Waals surface area contributed by atoms with E-state index in [2.05, 4.69) is 0 Å². The maximum atomic E-state index is 11.7. The van der Waals surface area contributed by atoms with Crippen LogP contribution in [0.4, 0.5) is 0 Å². The van der Waals surface area contributed by atoms with Crippen LogP contribution in [0.15, 0.2) is 36.4 Å². The largest absolute Gasteiger partial charge is 0.478 e. The number of hydrogen-bond donors (Lipinski definition) is 1. The van der Waals surface area contributed by atoms with Crippen molar-refractivity contribution in [2.75, 3.05) is 0 Å². The van der Waals surface area contributed by atoms with Gasteiger partial charge in [-0.3, -0.25) is 9.59 Å². The van der Waals surface area contributed by atoms with Crippen molar-refractivity contribution in [2.45, 2.75) is 6.92 Å². The van der Waals surface area contributed by atoms with Crippen molar-refractivity contribution in [3.8, 4) is 11.5 Å². The first-order valence-corrected chi connectivity index (χ1v) is 7.75. The van der Waals surface area contributed by atoms with E-state index in [1.807, 2.05) is 13.0 Å². The van der Waals surface area contributed by atoms with Crippen molar-refractivity contribution in [3.63, 3.8) is 0 Å². The van der Waals surface area contributed by atoms with Crippen molar-refractivity contribution in [2.24, 2.45) is 0 Å². The first-order chi connectivity index (χ1) is 12.6. The molecule has 0 bridgehead atoms. The zero-order chi connectivity index (χ0) is 18.4. The summed E-state index contributed by atoms with van der Waals surface area (Å²) in [4.78, 5) is 33.5. The normalized spacial score (nSPS) is 11.1. The Kier molecular flexibility index (Phi) is 3.47. The Bertz CT molecular complexity index is 1210. The SMILES string of the molecule is Cc1cc(OC=O)c2ccc3c(OC=O)cc(C(=O)O)c4ccc1c2c34. The number of ether oxygens (including phenoxy) is 2. The summed E-state index contributed by atoms with van der Waals surface area (Å²) in [5, 5.41) is 13.7. The number of carboxylic acid groups (broad SMARTS) is 1. The fourth-order valence-corrected chi connectivity index (χ4v) is 3.57. The van der Waals surface area contributed by atoms with Crippen molar-refractivity contribution in [1.29, 1.82) is 0 Å². The molecule has 26 heavy (non-hydrogen) atoms. The van der Waals surface area contributed by atoms with Crippen LogP contribution in [0.25, 0.3) is 32.3 Å². The summed E-state index contributed by atoms with van der Waals surface area (Å²) in [6.07, 6.45) is 0. The zero-order valence-electron chi connectivity index (χ0n) is 13.6. The number of carbonyl (C=O) groups excluding carboxylic acids is 2. The molecule has 4 aromatic carbocycles. The minimum absolute atomic E-state index is 0.0307. The summed E-state index contributed by atoms with van der Waals surface area (Å²) in [5.41, 5.74) is 0.908. The van der Waals surface area contributed by atoms with Crippen LogP contribution in [-0.2, 0) is 9.59 Å². The molecule has 0 aliphatic carbocycles. The Balaban J connectivity index is 2.30. The molecule has 0 atom stereocenters. The minimum atomic E-state index is -1.13. The van der Waals surface area contributed by atoms with Gasteiger partial charge in [0, 0.05) is 21.5 Å². The summed E-state index contributed by atoms with van der Waals surface area (Å²) in [6.45, 7) is 2.50. The van der Waals surface area contributed by atoms with Crippen molar-refractivity contribution < 1.29 is 29.0 Å². The topological polar surface area (TPSA) is 89.9 Å². The molecule has 0 radical (unpaired) electrons. The van der Waals surface area contributed by atoms with E-state index in [9.17, 15) is 19.5 Å². The van der Waals surface area contributed by atoms with Crippen LogP contribution in [0.3, 0.4) is 0 Å². The first-order valence-electron chi connectivity index (χ1n) is 7.75. The highest BCUT2D eigenvalue weighted by atomic mass is 16.5. The lowest BCUT2D eigenvalue weighted by Crippen LogP contribution is -2.02. The smallest absolute Gasteiger partial charge is 0.336 e. The van der Waals surface area contributed by atoms with Crippen LogP contribution in [0.5, 0.6) is 11.5 Å². The molecule has 4 rings (SSSR count). The van der Waals surface area contributed by atoms with Gasteiger partial charge in [-0.15, -0.1) is 0 Å². The molecule has 6 nitrogen and oxygen atoms in total. The third-order valence-corrected chi connectivity index (χ3v) is 4.61. The molecule has 0 aromatic heterocycles. The second-order valence-electron chi connectivity index (χ2n) is 5.92. The van der Waals surface area contributed by atoms with E-state index >= 15 is 0 Å². The summed E-state index contributed by atoms with van der Waals surface area (Å²) in [5.74, 6) is -0.573. The first kappa shape index (κ1) is 15.8. The van der Waals surface area contributed by atoms with E-state index in [0.29, 0.717) is 33.8 Å². The number of carbonyl (C=O) groups is 3. The molecule has 6 heteroatoms. The molecular weight excluding hydrogens is 336 g/mol. The van der Waals surface area contributed by atoms with Gasteiger partial charge in [0.1, 0.15) is 11.5 Å². The molecule has 0 saturated heterocycles. The lowest BCUT2D eigenvalue weighted by molar-refractivity contribution is -0.121. The minimum Gasteiger partial charge on any atom is -0.478 e. The van der Waals surface area contributed by atoms with Crippen molar-refractivity contribution >= 4 is 51.2 Å². The van der Waals surface area contributed by atoms with E-state index in [-0.39, 0.29) is 17.8 Å². The molecule has 128 valence electrons. The van der Waals surface area contributed by atoms with Crippen molar-refractivity contribution in [1.82, 2.24) is 0 Å². The second-order valence-corrected chi connectivity index (χ2v) is 5.92. The van der Waals surface area contributed by atoms with Gasteiger partial charge in [-0.25, -0.2) is 4.79 Å². The molecule has 0 unspecified atom stereocenters. The highest BCUT2D eigenvalue weighted by Crippen LogP contribution is 2.44. The lowest BCUT2D eigenvalue weighted by atomic mass is 9.89. The van der Waals surface area contributed by atoms with Crippen LogP contribution < -0.4 is 9.47 Å². The van der Waals surface area contributed by atoms with E-state index < -0.39 is 5.97 Å². The van der Waals surface area contributed by atoms with Crippen LogP contribution in [-0.4, -0.2) is 24.0 Å². The molecule has 0 aliphatic rings. The van der Waals surface area contributed by atoms with Gasteiger partial charge in [-0.2, -0.15) is 0 Å². The Morgan fingerprint density at radius 1 is 0.846 bits per heavy atom. The maximum absolute atomic E-state index is 11.7. The predicted molar refractivity (Wildman–Crippen MR) is 95.2 cm³/mol. The Morgan fingerprint density at radius 3 is 1.92 bits per heavy atom. The number of aryl methyl sites for hydroxylation is 1. The summed E-state index contributed by atoms with van der Waals surface area (Å²) >= 11 is 0. The van der Waals surface area contributed by atoms with Crippen LogP contribution in [0.2, 0.25) is 0 Å². The van der Waals surface area contributed by atoms with Gasteiger partial charge in [0.15, 0.2) is 0 Å². The Morgan fingerprint density at radius 2 is 1.35 bits per heavy atom. The number of carboxylic acids is 1. The third-order valence-electron chi connectivity index (χ3n) is 4.61. The fraction of sp³-hybridized carbons (Fsp3) is 0.0500. The summed E-state index contributed by atoms with van der Waals surface area (Å²) in [6, 6.07) is 10.2. The molecule has 0 heterocycles. The molecule has 4 aromatic rings. The molecular formula is C20H12O6. The molecule has 0 spiro atoms. The maximum Gasteiger partial charge on any atom is 0.336 e. The average Bonchev–Trinajstić information content (AvgIpc) is 2.62. The van der Waals surface area contributed by atoms with E-state index in [1.54, 1.807) is 24.3 Å². The van der Waals surface area contributed by atoms with Crippen LogP contribution >= 0.6 is 0 Å². The molecule has 0 amide bonds. The standard InChI is InChI=1S/C20H12O6/c1-10-6-16(25-8-21)13-4-5-14-17(26-9-22)7-15(20(23)24)12-3-2-11(10)18(13)19(12)14/h2-9H,1H3,(H,23,24). The van der Waals surface area contributed by atoms with Gasteiger partial charge < -0.3 is 14.6 Å². The van der Waals surface area contributed by atoms with Gasteiger partial charge in [0.2, 0.25) is 0 Å². The van der Waals surface area contributed by atoms with Gasteiger partial charge in [-0.05, 0) is 47.5 Å². The average molecular weight is 348 g/mol. The van der Waals surface area contributed by atoms with E-state index in [0.717, 1.165) is 16.3 Å². The highest BCUT2D eigenvalue weighted by Gasteiger charge is 2.20. The molecule has 0 fully saturated rings. The van der Waals surface area contributed by atoms with Gasteiger partial charge in [-0.1, -0.05) is 12.1 Å². The van der Waals surface area contributed by atoms with E-state index in [1.165, 1.54) is 6.07 Å². The number of rotatable bonds is 5. The van der Waals surface area contributed by atoms with Crippen LogP contribution in [0.1, 0.15) is 15.9 Å². The van der Waals surface area contributed by atoms with Gasteiger partial charge in [0.05, 0.1) is 5.56 Å². The number of aromatic carboxylic acids is 1. The number of benzene rings is 4. The Labute approximate surface area is 146 Å². The quantitative estimate of drug-likeness (QED) is 0.437. The fourth-order valence-electron chi connectivity index (χ4n) is 3.57. The zero-order valence-corrected chi connectivity index (χ0v) is 13.6. The highest BCUT2D eigenvalue weighted by molar-refractivity contribution is 6.28. The second kappa shape index (κ2) is 5.70. The summed E-state index contributed by atoms with van der Waals surface area (Å²) in [7, 11) is 0. The van der Waals surface area contributed by atoms with Crippen molar-refractivity contribution in [3.05, 3.63) is 47.5 Å². The predicted octanol–water partition coefficient (Wildman–Crippen LogP) is 3.66. The molecule has 0 saturated carbocycles. The molecule has 1 N–H and O–H groups in total. The van der Waals surface area contributed by atoms with Crippen LogP contribution in [0, 0.1) is 6.92 Å². The molecule has 0 aliphatic heterocycles. The summed E-state index contributed by atoms with van der Waals surface area (Å²) < 4.78 is 10.1. The van der Waals surface area contributed by atoms with Gasteiger partial charge in [0.25, 0.3) is 12.9 Å². The lowest BCUT2D eigenvalue weighted by Gasteiger charge is -2.17. The third kappa shape index (κ3) is 2.09. The monoisotopic (exact) mass is 348 g/mol.